The molecule has 8 nitrogen and oxygen atoms in total. The van der Waals surface area contributed by atoms with E-state index in [0.717, 1.165) is 28.2 Å². The van der Waals surface area contributed by atoms with E-state index in [1.54, 1.807) is 40.0 Å². The minimum atomic E-state index is -1.18. The third-order valence-corrected chi connectivity index (χ3v) is 6.06. The Hall–Kier alpha value is -4.33. The Morgan fingerprint density at radius 3 is 2.05 bits per heavy atom. The molecule has 0 saturated carbocycles. The highest BCUT2D eigenvalue weighted by atomic mass is 16.5. The summed E-state index contributed by atoms with van der Waals surface area (Å²) in [5.41, 5.74) is 7.62. The minimum absolute atomic E-state index is 0.0575. The van der Waals surface area contributed by atoms with Crippen LogP contribution in [0.1, 0.15) is 49.5 Å². The lowest BCUT2D eigenvalue weighted by atomic mass is 9.97. The van der Waals surface area contributed by atoms with Crippen LogP contribution in [0.2, 0.25) is 0 Å². The first-order valence-corrected chi connectivity index (χ1v) is 12.3. The second kappa shape index (κ2) is 12.3. The molecule has 0 fully saturated rings. The fourth-order valence-electron chi connectivity index (χ4n) is 4.17. The number of ether oxygens (including phenoxy) is 2. The summed E-state index contributed by atoms with van der Waals surface area (Å²) in [6.07, 6.45) is -0.187. The van der Waals surface area contributed by atoms with Gasteiger partial charge in [-0.2, -0.15) is 0 Å². The van der Waals surface area contributed by atoms with E-state index in [0.29, 0.717) is 12.2 Å². The smallest absolute Gasteiger partial charge is 0.326 e. The number of nitrogens with two attached hydrogens (primary N) is 1. The van der Waals surface area contributed by atoms with Crippen molar-refractivity contribution in [3.05, 3.63) is 83.9 Å². The highest BCUT2D eigenvalue weighted by Gasteiger charge is 2.37. The quantitative estimate of drug-likeness (QED) is 0.373. The van der Waals surface area contributed by atoms with Crippen molar-refractivity contribution in [3.63, 3.8) is 0 Å². The molecule has 0 spiro atoms. The summed E-state index contributed by atoms with van der Waals surface area (Å²) >= 11 is 0. The molecule has 0 bridgehead atoms. The normalized spacial score (nSPS) is 11.9. The summed E-state index contributed by atoms with van der Waals surface area (Å²) in [5, 5.41) is 9.80. The molecule has 0 heterocycles. The summed E-state index contributed by atoms with van der Waals surface area (Å²) < 4.78 is 11.1. The van der Waals surface area contributed by atoms with Gasteiger partial charge in [-0.05, 0) is 80.3 Å². The van der Waals surface area contributed by atoms with Crippen LogP contribution in [0.15, 0.2) is 72.8 Å². The largest absolute Gasteiger partial charge is 0.497 e. The number of carboxylic acids is 1. The molecule has 0 radical (unpaired) electrons. The molecular formula is C30H34N2O6. The molecule has 3 aromatic carbocycles. The van der Waals surface area contributed by atoms with Crippen LogP contribution in [0.5, 0.6) is 11.5 Å². The lowest BCUT2D eigenvalue weighted by Gasteiger charge is -2.40. The van der Waals surface area contributed by atoms with E-state index in [-0.39, 0.29) is 12.8 Å². The maximum absolute atomic E-state index is 13.4. The van der Waals surface area contributed by atoms with Gasteiger partial charge in [-0.25, -0.2) is 4.79 Å². The molecule has 3 rings (SSSR count). The molecule has 1 atom stereocenters. The molecule has 38 heavy (non-hydrogen) atoms. The number of methoxy groups -OCH3 is 1. The zero-order valence-electron chi connectivity index (χ0n) is 22.1. The van der Waals surface area contributed by atoms with E-state index in [1.807, 2.05) is 60.7 Å². The maximum Gasteiger partial charge on any atom is 0.326 e. The van der Waals surface area contributed by atoms with Gasteiger partial charge in [-0.1, -0.05) is 36.4 Å². The van der Waals surface area contributed by atoms with E-state index in [4.69, 9.17) is 15.2 Å². The van der Waals surface area contributed by atoms with Gasteiger partial charge in [-0.15, -0.1) is 0 Å². The second-order valence-electron chi connectivity index (χ2n) is 9.95. The molecule has 3 N–H and O–H groups in total. The van der Waals surface area contributed by atoms with Crippen molar-refractivity contribution in [3.8, 4) is 22.6 Å². The molecule has 0 aliphatic rings. The zero-order chi connectivity index (χ0) is 27.9. The number of benzene rings is 3. The molecule has 0 aliphatic heterocycles. The van der Waals surface area contributed by atoms with Crippen LogP contribution >= 0.6 is 0 Å². The fourth-order valence-corrected chi connectivity index (χ4v) is 4.17. The van der Waals surface area contributed by atoms with Crippen LogP contribution in [0, 0.1) is 0 Å². The van der Waals surface area contributed by atoms with Crippen LogP contribution in [-0.2, 0) is 16.2 Å². The number of rotatable bonds is 11. The first-order valence-electron chi connectivity index (χ1n) is 12.3. The summed E-state index contributed by atoms with van der Waals surface area (Å²) in [7, 11) is 1.63. The van der Waals surface area contributed by atoms with Crippen molar-refractivity contribution >= 4 is 17.8 Å². The van der Waals surface area contributed by atoms with E-state index in [2.05, 4.69) is 0 Å². The highest BCUT2D eigenvalue weighted by molar-refractivity contribution is 5.97. The van der Waals surface area contributed by atoms with Gasteiger partial charge in [0.15, 0.2) is 0 Å². The van der Waals surface area contributed by atoms with E-state index in [9.17, 15) is 19.5 Å². The molecule has 2 amide bonds. The average molecular weight is 519 g/mol. The topological polar surface area (TPSA) is 119 Å². The number of carbonyl (C=O) groups excluding carboxylic acids is 2. The first-order chi connectivity index (χ1) is 18.0. The van der Waals surface area contributed by atoms with E-state index in [1.165, 1.54) is 4.90 Å². The van der Waals surface area contributed by atoms with Gasteiger partial charge >= 0.3 is 5.97 Å². The molecular weight excluding hydrogens is 484 g/mol. The SMILES string of the molecule is COc1cccc(COc2ccc(-c3ccc(C(=O)N([C@@H](CCC(N)=O)C(=O)O)C(C)(C)C)cc3)cc2)c1. The van der Waals surface area contributed by atoms with Crippen molar-refractivity contribution in [2.45, 2.75) is 51.8 Å². The van der Waals surface area contributed by atoms with Gasteiger partial charge in [0.1, 0.15) is 24.1 Å². The molecule has 0 aromatic heterocycles. The minimum Gasteiger partial charge on any atom is -0.497 e. The molecule has 0 saturated heterocycles. The maximum atomic E-state index is 13.4. The number of carbonyl (C=O) groups is 3. The van der Waals surface area contributed by atoms with Gasteiger partial charge in [0, 0.05) is 17.5 Å². The van der Waals surface area contributed by atoms with E-state index >= 15 is 0 Å². The molecule has 0 unspecified atom stereocenters. The number of primary amides is 1. The summed E-state index contributed by atoms with van der Waals surface area (Å²) in [6.45, 7) is 5.70. The van der Waals surface area contributed by atoms with Gasteiger partial charge in [0.05, 0.1) is 7.11 Å². The lowest BCUT2D eigenvalue weighted by molar-refractivity contribution is -0.144. The Kier molecular flexibility index (Phi) is 9.12. The van der Waals surface area contributed by atoms with E-state index < -0.39 is 29.4 Å². The lowest BCUT2D eigenvalue weighted by Crippen LogP contribution is -2.54. The third kappa shape index (κ3) is 7.35. The Balaban J connectivity index is 1.73. The monoisotopic (exact) mass is 518 g/mol. The third-order valence-electron chi connectivity index (χ3n) is 6.06. The molecule has 8 heteroatoms. The molecule has 0 aliphatic carbocycles. The first kappa shape index (κ1) is 28.2. The summed E-state index contributed by atoms with van der Waals surface area (Å²) in [6, 6.07) is 21.1. The van der Waals surface area contributed by atoms with Crippen molar-refractivity contribution in [2.75, 3.05) is 7.11 Å². The summed E-state index contributed by atoms with van der Waals surface area (Å²) in [5.74, 6) is -0.723. The zero-order valence-corrected chi connectivity index (χ0v) is 22.1. The number of hydrogen-bond donors (Lipinski definition) is 2. The van der Waals surface area contributed by atoms with Crippen LogP contribution in [0.3, 0.4) is 0 Å². The van der Waals surface area contributed by atoms with Crippen molar-refractivity contribution in [1.29, 1.82) is 0 Å². The Bertz CT molecular complexity index is 1260. The Morgan fingerprint density at radius 2 is 1.53 bits per heavy atom. The van der Waals surface area contributed by atoms with Crippen molar-refractivity contribution in [1.82, 2.24) is 4.90 Å². The van der Waals surface area contributed by atoms with Crippen LogP contribution in [0.25, 0.3) is 11.1 Å². The molecule has 3 aromatic rings. The predicted octanol–water partition coefficient (Wildman–Crippen LogP) is 4.90. The van der Waals surface area contributed by atoms with Crippen LogP contribution in [-0.4, -0.2) is 46.5 Å². The van der Waals surface area contributed by atoms with Crippen LogP contribution in [0.4, 0.5) is 0 Å². The van der Waals surface area contributed by atoms with Crippen LogP contribution < -0.4 is 15.2 Å². The predicted molar refractivity (Wildman–Crippen MR) is 145 cm³/mol. The van der Waals surface area contributed by atoms with Gasteiger partial charge in [0.25, 0.3) is 5.91 Å². The Morgan fingerprint density at radius 1 is 0.921 bits per heavy atom. The second-order valence-corrected chi connectivity index (χ2v) is 9.95. The van der Waals surface area contributed by atoms with Crippen molar-refractivity contribution < 1.29 is 29.0 Å². The summed E-state index contributed by atoms with van der Waals surface area (Å²) in [4.78, 5) is 38.0. The van der Waals surface area contributed by atoms with Gasteiger partial charge < -0.3 is 25.2 Å². The molecule has 200 valence electrons. The number of amides is 2. The number of hydrogen-bond acceptors (Lipinski definition) is 5. The van der Waals surface area contributed by atoms with Gasteiger partial charge in [-0.3, -0.25) is 9.59 Å². The standard InChI is InChI=1S/C30H34N2O6/c1-30(2,3)32(26(29(35)36)16-17-27(31)33)28(34)23-10-8-21(9-11-23)22-12-14-24(15-13-22)38-19-20-6-5-7-25(18-20)37-4/h5-15,18,26H,16-17,19H2,1-4H3,(H2,31,33)(H,35,36)/t26-/m0/s1. The average Bonchev–Trinajstić information content (AvgIpc) is 2.89. The number of nitrogens with zero attached hydrogens (tertiary/aromatic N) is 1. The number of carboxylic acid groups (broad SMARTS) is 1. The highest BCUT2D eigenvalue weighted by Crippen LogP contribution is 2.27. The Labute approximate surface area is 223 Å². The van der Waals surface area contributed by atoms with Crippen molar-refractivity contribution in [2.24, 2.45) is 5.73 Å². The van der Waals surface area contributed by atoms with Gasteiger partial charge in [0.2, 0.25) is 5.91 Å². The number of aliphatic carboxylic acids is 1. The fraction of sp³-hybridized carbons (Fsp3) is 0.300.